The van der Waals surface area contributed by atoms with Gasteiger partial charge in [-0.1, -0.05) is 41.9 Å². The average molecular weight is 436 g/mol. The predicted octanol–water partition coefficient (Wildman–Crippen LogP) is 3.73. The van der Waals surface area contributed by atoms with Crippen LogP contribution in [0.3, 0.4) is 0 Å². The summed E-state index contributed by atoms with van der Waals surface area (Å²) in [6.07, 6.45) is 4.96. The first kappa shape index (κ1) is 20.8. The summed E-state index contributed by atoms with van der Waals surface area (Å²) in [7, 11) is 0. The van der Waals surface area contributed by atoms with Gasteiger partial charge in [0.05, 0.1) is 6.04 Å². The fourth-order valence-corrected chi connectivity index (χ4v) is 3.58. The van der Waals surface area contributed by atoms with E-state index < -0.39 is 0 Å². The summed E-state index contributed by atoms with van der Waals surface area (Å²) in [6.45, 7) is 1.96. The lowest BCUT2D eigenvalue weighted by Gasteiger charge is -2.14. The minimum absolute atomic E-state index is 0.0183. The molecule has 1 atom stereocenters. The molecular weight excluding hydrogens is 414 g/mol. The lowest BCUT2D eigenvalue weighted by Crippen LogP contribution is -2.26. The van der Waals surface area contributed by atoms with E-state index in [2.05, 4.69) is 15.5 Å². The van der Waals surface area contributed by atoms with E-state index in [-0.39, 0.29) is 23.2 Å². The van der Waals surface area contributed by atoms with Gasteiger partial charge in [0.2, 0.25) is 11.6 Å². The average Bonchev–Trinajstić information content (AvgIpc) is 3.19. The standard InChI is InChI=1S/C23H22ClN5O2/c1-16(17-6-3-2-4-7-17)25-21(30)9-5-8-20-26-27-22-23(31)28(14-15-29(20)22)19-12-10-18(24)11-13-19/h2-4,6-7,10-16H,5,8-9H2,1H3,(H,25,30)/t16-/m1/s1. The van der Waals surface area contributed by atoms with E-state index in [1.807, 2.05) is 37.3 Å². The van der Waals surface area contributed by atoms with E-state index in [1.54, 1.807) is 41.1 Å². The third kappa shape index (κ3) is 4.67. The molecule has 0 saturated carbocycles. The van der Waals surface area contributed by atoms with E-state index in [1.165, 1.54) is 4.57 Å². The molecule has 2 aromatic heterocycles. The van der Waals surface area contributed by atoms with Crippen LogP contribution < -0.4 is 10.9 Å². The molecule has 0 bridgehead atoms. The normalized spacial score (nSPS) is 12.1. The molecule has 1 N–H and O–H groups in total. The third-order valence-electron chi connectivity index (χ3n) is 5.13. The molecule has 0 spiro atoms. The van der Waals surface area contributed by atoms with E-state index in [9.17, 15) is 9.59 Å². The number of benzene rings is 2. The summed E-state index contributed by atoms with van der Waals surface area (Å²) >= 11 is 5.92. The number of amides is 1. The van der Waals surface area contributed by atoms with Crippen molar-refractivity contribution in [2.24, 2.45) is 0 Å². The van der Waals surface area contributed by atoms with Crippen LogP contribution in [0.5, 0.6) is 0 Å². The highest BCUT2D eigenvalue weighted by Gasteiger charge is 2.13. The lowest BCUT2D eigenvalue weighted by molar-refractivity contribution is -0.121. The Morgan fingerprint density at radius 1 is 1.06 bits per heavy atom. The van der Waals surface area contributed by atoms with Crippen molar-refractivity contribution >= 4 is 23.2 Å². The van der Waals surface area contributed by atoms with Crippen LogP contribution in [-0.4, -0.2) is 25.1 Å². The number of hydrogen-bond donors (Lipinski definition) is 1. The molecule has 158 valence electrons. The molecule has 0 unspecified atom stereocenters. The molecule has 0 fully saturated rings. The van der Waals surface area contributed by atoms with Crippen molar-refractivity contribution in [3.63, 3.8) is 0 Å². The molecule has 4 rings (SSSR count). The number of nitrogens with zero attached hydrogens (tertiary/aromatic N) is 4. The van der Waals surface area contributed by atoms with Gasteiger partial charge in [0.15, 0.2) is 0 Å². The van der Waals surface area contributed by atoms with Crippen molar-refractivity contribution in [2.45, 2.75) is 32.2 Å². The second-order valence-corrected chi connectivity index (χ2v) is 7.75. The summed E-state index contributed by atoms with van der Waals surface area (Å²) in [4.78, 5) is 25.1. The number of halogens is 1. The maximum absolute atomic E-state index is 12.8. The molecule has 4 aromatic rings. The lowest BCUT2D eigenvalue weighted by atomic mass is 10.1. The Kier molecular flexibility index (Phi) is 6.13. The number of aryl methyl sites for hydroxylation is 1. The van der Waals surface area contributed by atoms with Crippen molar-refractivity contribution in [3.05, 3.63) is 93.8 Å². The Morgan fingerprint density at radius 2 is 1.81 bits per heavy atom. The maximum atomic E-state index is 12.8. The van der Waals surface area contributed by atoms with Crippen LogP contribution in [-0.2, 0) is 11.2 Å². The molecule has 2 aromatic carbocycles. The molecule has 0 saturated heterocycles. The molecule has 31 heavy (non-hydrogen) atoms. The number of rotatable bonds is 7. The zero-order chi connectivity index (χ0) is 21.8. The summed E-state index contributed by atoms with van der Waals surface area (Å²) in [5, 5.41) is 11.8. The smallest absolute Gasteiger partial charge is 0.300 e. The van der Waals surface area contributed by atoms with Crippen molar-refractivity contribution in [1.82, 2.24) is 24.5 Å². The van der Waals surface area contributed by atoms with Gasteiger partial charge in [0, 0.05) is 35.9 Å². The summed E-state index contributed by atoms with van der Waals surface area (Å²) in [6, 6.07) is 16.8. The van der Waals surface area contributed by atoms with E-state index >= 15 is 0 Å². The fourth-order valence-electron chi connectivity index (χ4n) is 3.46. The molecule has 1 amide bonds. The van der Waals surface area contributed by atoms with Crippen molar-refractivity contribution in [1.29, 1.82) is 0 Å². The van der Waals surface area contributed by atoms with Gasteiger partial charge in [-0.2, -0.15) is 0 Å². The molecule has 2 heterocycles. The number of nitrogens with one attached hydrogen (secondary N) is 1. The molecule has 7 nitrogen and oxygen atoms in total. The highest BCUT2D eigenvalue weighted by molar-refractivity contribution is 6.30. The predicted molar refractivity (Wildman–Crippen MR) is 120 cm³/mol. The number of aromatic nitrogens is 4. The van der Waals surface area contributed by atoms with Crippen molar-refractivity contribution < 1.29 is 4.79 Å². The molecule has 0 aliphatic carbocycles. The summed E-state index contributed by atoms with van der Waals surface area (Å²) in [5.74, 6) is 0.634. The summed E-state index contributed by atoms with van der Waals surface area (Å²) < 4.78 is 3.18. The first-order chi connectivity index (χ1) is 15.0. The Bertz CT molecular complexity index is 1250. The molecule has 0 aliphatic heterocycles. The van der Waals surface area contributed by atoms with Crippen LogP contribution in [0, 0.1) is 0 Å². The SMILES string of the molecule is C[C@@H](NC(=O)CCCc1nnc2c(=O)n(-c3ccc(Cl)cc3)ccn12)c1ccccc1. The largest absolute Gasteiger partial charge is 0.350 e. The van der Waals surface area contributed by atoms with E-state index in [0.717, 1.165) is 5.56 Å². The minimum Gasteiger partial charge on any atom is -0.350 e. The summed E-state index contributed by atoms with van der Waals surface area (Å²) in [5.41, 5.74) is 1.74. The van der Waals surface area contributed by atoms with Gasteiger partial charge in [0.25, 0.3) is 0 Å². The zero-order valence-electron chi connectivity index (χ0n) is 17.0. The quantitative estimate of drug-likeness (QED) is 0.479. The second kappa shape index (κ2) is 9.14. The monoisotopic (exact) mass is 435 g/mol. The highest BCUT2D eigenvalue weighted by Crippen LogP contribution is 2.14. The number of hydrogen-bond acceptors (Lipinski definition) is 4. The van der Waals surface area contributed by atoms with Gasteiger partial charge in [-0.25, -0.2) is 0 Å². The van der Waals surface area contributed by atoms with Gasteiger partial charge < -0.3 is 5.32 Å². The van der Waals surface area contributed by atoms with Crippen LogP contribution in [0.15, 0.2) is 71.8 Å². The van der Waals surface area contributed by atoms with Crippen molar-refractivity contribution in [2.75, 3.05) is 0 Å². The topological polar surface area (TPSA) is 81.3 Å². The van der Waals surface area contributed by atoms with Gasteiger partial charge in [-0.15, -0.1) is 10.2 Å². The fraction of sp³-hybridized carbons (Fsp3) is 0.217. The minimum atomic E-state index is -0.266. The van der Waals surface area contributed by atoms with Crippen LogP contribution >= 0.6 is 11.6 Å². The zero-order valence-corrected chi connectivity index (χ0v) is 17.8. The highest BCUT2D eigenvalue weighted by atomic mass is 35.5. The Labute approximate surface area is 184 Å². The molecule has 8 heteroatoms. The van der Waals surface area contributed by atoms with Crippen LogP contribution in [0.25, 0.3) is 11.3 Å². The first-order valence-corrected chi connectivity index (χ1v) is 10.5. The molecule has 0 radical (unpaired) electrons. The van der Waals surface area contributed by atoms with Crippen LogP contribution in [0.1, 0.15) is 37.2 Å². The Morgan fingerprint density at radius 3 is 2.55 bits per heavy atom. The van der Waals surface area contributed by atoms with E-state index in [0.29, 0.717) is 35.8 Å². The van der Waals surface area contributed by atoms with Crippen molar-refractivity contribution in [3.8, 4) is 5.69 Å². The van der Waals surface area contributed by atoms with Gasteiger partial charge >= 0.3 is 5.56 Å². The second-order valence-electron chi connectivity index (χ2n) is 7.31. The van der Waals surface area contributed by atoms with Crippen LogP contribution in [0.4, 0.5) is 0 Å². The molecular formula is C23H22ClN5O2. The number of carbonyl (C=O) groups excluding carboxylic acids is 1. The van der Waals surface area contributed by atoms with Crippen LogP contribution in [0.2, 0.25) is 5.02 Å². The van der Waals surface area contributed by atoms with Gasteiger partial charge in [-0.05, 0) is 43.2 Å². The number of fused-ring (bicyclic) bond motifs is 1. The Balaban J connectivity index is 1.40. The molecule has 0 aliphatic rings. The van der Waals surface area contributed by atoms with Gasteiger partial charge in [-0.3, -0.25) is 18.6 Å². The third-order valence-corrected chi connectivity index (χ3v) is 5.38. The van der Waals surface area contributed by atoms with Gasteiger partial charge in [0.1, 0.15) is 5.82 Å². The van der Waals surface area contributed by atoms with E-state index in [4.69, 9.17) is 11.6 Å². The Hall–Kier alpha value is -3.45. The maximum Gasteiger partial charge on any atom is 0.300 e. The first-order valence-electron chi connectivity index (χ1n) is 10.1. The number of carbonyl (C=O) groups is 1.